The highest BCUT2D eigenvalue weighted by Gasteiger charge is 2.15. The quantitative estimate of drug-likeness (QED) is 0.720. The summed E-state index contributed by atoms with van der Waals surface area (Å²) in [6, 6.07) is 1.43. The van der Waals surface area contributed by atoms with Crippen LogP contribution >= 0.6 is 23.7 Å². The number of nitrogens with two attached hydrogens (primary N) is 1. The molecule has 1 rings (SSSR count). The van der Waals surface area contributed by atoms with E-state index >= 15 is 0 Å². The van der Waals surface area contributed by atoms with Gasteiger partial charge in [-0.15, -0.1) is 23.7 Å². The maximum atomic E-state index is 11.6. The Kier molecular flexibility index (Phi) is 6.79. The normalized spacial score (nSPS) is 12.6. The van der Waals surface area contributed by atoms with Crippen LogP contribution in [0.2, 0.25) is 0 Å². The Balaban J connectivity index is 0.00000289. The van der Waals surface area contributed by atoms with E-state index in [1.54, 1.807) is 7.05 Å². The first kappa shape index (κ1) is 17.3. The number of carbonyl (C=O) groups is 1. The molecule has 0 aliphatic carbocycles. The van der Waals surface area contributed by atoms with Crippen molar-refractivity contribution < 1.29 is 13.2 Å². The lowest BCUT2D eigenvalue weighted by atomic mass is 10.3. The monoisotopic (exact) mass is 313 g/mol. The predicted molar refractivity (Wildman–Crippen MR) is 73.8 cm³/mol. The van der Waals surface area contributed by atoms with Crippen molar-refractivity contribution >= 4 is 39.7 Å². The van der Waals surface area contributed by atoms with Crippen molar-refractivity contribution in [1.29, 1.82) is 0 Å². The zero-order valence-corrected chi connectivity index (χ0v) is 12.4. The standard InChI is InChI=1S/C9H15N3O3S2.ClH/c1-6(11-2)4-12-9(13)7-3-8(16-5-7)17(10,14)15;/h3,5-6,11H,4H2,1-2H3,(H,12,13)(H2,10,14,15);1H. The number of carbonyl (C=O) groups excluding carboxylic acids is 1. The van der Waals surface area contributed by atoms with Crippen LogP contribution in [-0.4, -0.2) is 34.0 Å². The van der Waals surface area contributed by atoms with E-state index in [1.165, 1.54) is 11.4 Å². The average Bonchev–Trinajstić information content (AvgIpc) is 2.74. The molecular formula is C9H16ClN3O3S2. The summed E-state index contributed by atoms with van der Waals surface area (Å²) in [6.45, 7) is 2.39. The van der Waals surface area contributed by atoms with Crippen LogP contribution in [0.1, 0.15) is 17.3 Å². The fourth-order valence-electron chi connectivity index (χ4n) is 1.03. The molecule has 0 radical (unpaired) electrons. The Morgan fingerprint density at radius 3 is 2.61 bits per heavy atom. The van der Waals surface area contributed by atoms with Crippen LogP contribution in [0.4, 0.5) is 0 Å². The van der Waals surface area contributed by atoms with E-state index in [1.807, 2.05) is 6.92 Å². The van der Waals surface area contributed by atoms with E-state index in [0.29, 0.717) is 12.1 Å². The number of thiophene rings is 1. The van der Waals surface area contributed by atoms with Gasteiger partial charge in [-0.05, 0) is 20.0 Å². The number of sulfonamides is 1. The molecule has 1 heterocycles. The van der Waals surface area contributed by atoms with Crippen LogP contribution in [-0.2, 0) is 10.0 Å². The van der Waals surface area contributed by atoms with Gasteiger partial charge >= 0.3 is 0 Å². The second-order valence-corrected chi connectivity index (χ2v) is 6.30. The van der Waals surface area contributed by atoms with Gasteiger partial charge in [0, 0.05) is 18.0 Å². The molecule has 0 fully saturated rings. The van der Waals surface area contributed by atoms with E-state index in [4.69, 9.17) is 5.14 Å². The Labute approximate surface area is 116 Å². The molecule has 0 bridgehead atoms. The van der Waals surface area contributed by atoms with E-state index in [2.05, 4.69) is 10.6 Å². The van der Waals surface area contributed by atoms with E-state index in [9.17, 15) is 13.2 Å². The molecule has 0 spiro atoms. The minimum Gasteiger partial charge on any atom is -0.350 e. The van der Waals surface area contributed by atoms with Gasteiger partial charge in [0.2, 0.25) is 10.0 Å². The first-order chi connectivity index (χ1) is 7.84. The number of hydrogen-bond acceptors (Lipinski definition) is 5. The molecule has 1 aromatic heterocycles. The van der Waals surface area contributed by atoms with Gasteiger partial charge in [-0.3, -0.25) is 4.79 Å². The zero-order chi connectivity index (χ0) is 13.1. The van der Waals surface area contributed by atoms with Crippen molar-refractivity contribution in [3.63, 3.8) is 0 Å². The minimum absolute atomic E-state index is 0. The van der Waals surface area contributed by atoms with Crippen molar-refractivity contribution in [2.75, 3.05) is 13.6 Å². The predicted octanol–water partition coefficient (Wildman–Crippen LogP) is 0.155. The lowest BCUT2D eigenvalue weighted by Crippen LogP contribution is -2.37. The molecule has 6 nitrogen and oxygen atoms in total. The van der Waals surface area contributed by atoms with Gasteiger partial charge in [-0.25, -0.2) is 13.6 Å². The third kappa shape index (κ3) is 4.91. The molecule has 18 heavy (non-hydrogen) atoms. The van der Waals surface area contributed by atoms with Crippen LogP contribution in [0.3, 0.4) is 0 Å². The summed E-state index contributed by atoms with van der Waals surface area (Å²) in [4.78, 5) is 11.6. The second kappa shape index (κ2) is 7.05. The molecule has 0 aliphatic rings. The summed E-state index contributed by atoms with van der Waals surface area (Å²) in [5.74, 6) is -0.307. The SMILES string of the molecule is CNC(C)CNC(=O)c1csc(S(N)(=O)=O)c1.Cl. The van der Waals surface area contributed by atoms with Crippen molar-refractivity contribution in [3.8, 4) is 0 Å². The summed E-state index contributed by atoms with van der Waals surface area (Å²) in [6.07, 6.45) is 0. The van der Waals surface area contributed by atoms with Crippen LogP contribution in [0.15, 0.2) is 15.7 Å². The molecule has 0 saturated heterocycles. The molecule has 0 aliphatic heterocycles. The summed E-state index contributed by atoms with van der Waals surface area (Å²) >= 11 is 0.935. The highest BCUT2D eigenvalue weighted by atomic mass is 35.5. The first-order valence-electron chi connectivity index (χ1n) is 4.91. The summed E-state index contributed by atoms with van der Waals surface area (Å²) < 4.78 is 22.0. The third-order valence-electron chi connectivity index (χ3n) is 2.18. The number of likely N-dealkylation sites (N-methyl/N-ethyl adjacent to an activating group) is 1. The zero-order valence-electron chi connectivity index (χ0n) is 9.97. The fraction of sp³-hybridized carbons (Fsp3) is 0.444. The second-order valence-electron chi connectivity index (χ2n) is 3.60. The number of nitrogens with one attached hydrogen (secondary N) is 2. The molecule has 1 unspecified atom stereocenters. The molecule has 1 amide bonds. The van der Waals surface area contributed by atoms with Crippen molar-refractivity contribution in [2.45, 2.75) is 17.2 Å². The highest BCUT2D eigenvalue weighted by molar-refractivity contribution is 7.91. The van der Waals surface area contributed by atoms with Crippen molar-refractivity contribution in [2.24, 2.45) is 5.14 Å². The average molecular weight is 314 g/mol. The Morgan fingerprint density at radius 1 is 1.56 bits per heavy atom. The van der Waals surface area contributed by atoms with Gasteiger partial charge in [0.15, 0.2) is 0 Å². The lowest BCUT2D eigenvalue weighted by molar-refractivity contribution is 0.0951. The van der Waals surface area contributed by atoms with E-state index in [0.717, 1.165) is 11.3 Å². The Bertz CT molecular complexity index is 501. The minimum atomic E-state index is -3.73. The smallest absolute Gasteiger partial charge is 0.252 e. The van der Waals surface area contributed by atoms with Gasteiger partial charge in [0.25, 0.3) is 5.91 Å². The number of amides is 1. The molecule has 9 heteroatoms. The van der Waals surface area contributed by atoms with E-state index in [-0.39, 0.29) is 28.6 Å². The van der Waals surface area contributed by atoms with Gasteiger partial charge in [0.1, 0.15) is 4.21 Å². The van der Waals surface area contributed by atoms with E-state index < -0.39 is 10.0 Å². The Hall–Kier alpha value is -0.670. The molecule has 104 valence electrons. The van der Waals surface area contributed by atoms with Crippen LogP contribution < -0.4 is 15.8 Å². The topological polar surface area (TPSA) is 101 Å². The number of primary sulfonamides is 1. The number of halogens is 1. The third-order valence-corrected chi connectivity index (χ3v) is 4.57. The largest absolute Gasteiger partial charge is 0.350 e. The lowest BCUT2D eigenvalue weighted by Gasteiger charge is -2.10. The van der Waals surface area contributed by atoms with Gasteiger partial charge < -0.3 is 10.6 Å². The summed E-state index contributed by atoms with van der Waals surface area (Å²) in [5, 5.41) is 12.1. The van der Waals surface area contributed by atoms with Gasteiger partial charge in [-0.1, -0.05) is 0 Å². The maximum Gasteiger partial charge on any atom is 0.252 e. The molecule has 1 atom stereocenters. The highest BCUT2D eigenvalue weighted by Crippen LogP contribution is 2.18. The van der Waals surface area contributed by atoms with Crippen molar-refractivity contribution in [1.82, 2.24) is 10.6 Å². The molecular weight excluding hydrogens is 298 g/mol. The fourth-order valence-corrected chi connectivity index (χ4v) is 2.62. The first-order valence-corrected chi connectivity index (χ1v) is 7.34. The maximum absolute atomic E-state index is 11.6. The molecule has 0 saturated carbocycles. The van der Waals surface area contributed by atoms with Crippen LogP contribution in [0, 0.1) is 0 Å². The van der Waals surface area contributed by atoms with Gasteiger partial charge in [0.05, 0.1) is 5.56 Å². The summed E-state index contributed by atoms with van der Waals surface area (Å²) in [7, 11) is -1.93. The van der Waals surface area contributed by atoms with Crippen LogP contribution in [0.25, 0.3) is 0 Å². The molecule has 1 aromatic rings. The number of rotatable bonds is 5. The molecule has 4 N–H and O–H groups in total. The Morgan fingerprint density at radius 2 is 2.17 bits per heavy atom. The van der Waals surface area contributed by atoms with Crippen LogP contribution in [0.5, 0.6) is 0 Å². The van der Waals surface area contributed by atoms with Crippen molar-refractivity contribution in [3.05, 3.63) is 17.0 Å². The summed E-state index contributed by atoms with van der Waals surface area (Å²) in [5.41, 5.74) is 0.308. The van der Waals surface area contributed by atoms with Gasteiger partial charge in [-0.2, -0.15) is 0 Å². The number of hydrogen-bond donors (Lipinski definition) is 3. The molecule has 0 aromatic carbocycles.